The van der Waals surface area contributed by atoms with Crippen LogP contribution in [0.1, 0.15) is 52.7 Å². The van der Waals surface area contributed by atoms with Gasteiger partial charge in [-0.25, -0.2) is 0 Å². The van der Waals surface area contributed by atoms with Crippen molar-refractivity contribution < 1.29 is 0 Å². The van der Waals surface area contributed by atoms with E-state index < -0.39 is 0 Å². The lowest BCUT2D eigenvalue weighted by Crippen LogP contribution is -2.12. The molecule has 0 heteroatoms. The van der Waals surface area contributed by atoms with Crippen LogP contribution in [0.15, 0.2) is 158 Å². The Labute approximate surface area is 349 Å². The molecule has 0 aliphatic rings. The molecule has 0 N–H and O–H groups in total. The first-order valence-electron chi connectivity index (χ1n) is 21.6. The number of rotatable bonds is 2. The summed E-state index contributed by atoms with van der Waals surface area (Å²) in [4.78, 5) is 0. The zero-order valence-electron chi connectivity index (χ0n) is 35.0. The van der Waals surface area contributed by atoms with Gasteiger partial charge in [0.15, 0.2) is 0 Å². The van der Waals surface area contributed by atoms with Gasteiger partial charge in [-0.05, 0) is 176 Å². The van der Waals surface area contributed by atoms with Crippen molar-refractivity contribution in [3.8, 4) is 22.3 Å². The van der Waals surface area contributed by atoms with Crippen LogP contribution in [0.5, 0.6) is 0 Å². The Bertz CT molecular complexity index is 3660. The summed E-state index contributed by atoms with van der Waals surface area (Å²) in [6.07, 6.45) is 0. The van der Waals surface area contributed by atoms with Crippen LogP contribution in [0.4, 0.5) is 0 Å². The third-order valence-corrected chi connectivity index (χ3v) is 14.1. The van der Waals surface area contributed by atoms with E-state index in [2.05, 4.69) is 199 Å². The maximum absolute atomic E-state index is 2.56. The van der Waals surface area contributed by atoms with Crippen LogP contribution in [-0.4, -0.2) is 0 Å². The number of hydrogen-bond acceptors (Lipinski definition) is 0. The lowest BCUT2D eigenvalue weighted by molar-refractivity contribution is 0.590. The summed E-state index contributed by atoms with van der Waals surface area (Å²) in [6.45, 7) is 14.1. The minimum absolute atomic E-state index is 0.0211. The molecule has 13 aromatic rings. The van der Waals surface area contributed by atoms with Crippen LogP contribution in [0.2, 0.25) is 0 Å². The van der Waals surface area contributed by atoms with Gasteiger partial charge in [-0.15, -0.1) is 0 Å². The summed E-state index contributed by atoms with van der Waals surface area (Å²) in [7, 11) is 0. The van der Waals surface area contributed by atoms with Gasteiger partial charge in [-0.2, -0.15) is 0 Å². The molecule has 0 radical (unpaired) electrons. The summed E-state index contributed by atoms with van der Waals surface area (Å²) in [5, 5.41) is 26.9. The summed E-state index contributed by atoms with van der Waals surface area (Å²) in [5.74, 6) is 0. The van der Waals surface area contributed by atoms with E-state index in [0.717, 1.165) is 0 Å². The van der Waals surface area contributed by atoms with Crippen LogP contribution in [0, 0.1) is 0 Å². The molecule has 60 heavy (non-hydrogen) atoms. The highest BCUT2D eigenvalue weighted by Crippen LogP contribution is 2.54. The van der Waals surface area contributed by atoms with Crippen molar-refractivity contribution in [2.75, 3.05) is 0 Å². The van der Waals surface area contributed by atoms with Crippen LogP contribution < -0.4 is 0 Å². The zero-order chi connectivity index (χ0) is 40.4. The van der Waals surface area contributed by atoms with Gasteiger partial charge in [0.2, 0.25) is 0 Å². The molecule has 0 aromatic heterocycles. The van der Waals surface area contributed by atoms with Gasteiger partial charge in [0.25, 0.3) is 0 Å². The highest BCUT2D eigenvalue weighted by Gasteiger charge is 2.27. The van der Waals surface area contributed by atoms with Gasteiger partial charge in [0.05, 0.1) is 0 Å². The van der Waals surface area contributed by atoms with Gasteiger partial charge in [-0.3, -0.25) is 0 Å². The van der Waals surface area contributed by atoms with E-state index >= 15 is 0 Å². The Balaban J connectivity index is 1.26. The zero-order valence-corrected chi connectivity index (χ0v) is 35.0. The first-order chi connectivity index (χ1) is 29.0. The standard InChI is InChI=1S/C60H44/c1-59(2,3)37-27-36-28-38(60(4,5)6)30-48-42-26-24-40-46-32-50-49(31-45(46)39-23-25-41(56(42)55(39)40)47(29-37)52(36)48)53(34-15-9-7-10-16-34)57-43-21-13-19-33-20-14-22-44(51(33)43)58(57)54(50)35-17-11-8-12-18-35/h7-32H,1-6H3. The number of hydrogen-bond donors (Lipinski definition) is 0. The van der Waals surface area contributed by atoms with Gasteiger partial charge in [0.1, 0.15) is 0 Å². The Morgan fingerprint density at radius 2 is 0.650 bits per heavy atom. The van der Waals surface area contributed by atoms with Crippen LogP contribution in [-0.2, 0) is 10.8 Å². The average molecular weight is 765 g/mol. The van der Waals surface area contributed by atoms with Crippen molar-refractivity contribution in [1.82, 2.24) is 0 Å². The molecule has 0 amide bonds. The summed E-state index contributed by atoms with van der Waals surface area (Å²) >= 11 is 0. The second-order valence-corrected chi connectivity index (χ2v) is 19.6. The predicted molar refractivity (Wildman–Crippen MR) is 263 cm³/mol. The predicted octanol–water partition coefficient (Wildman–Crippen LogP) is 17.5. The fourth-order valence-corrected chi connectivity index (χ4v) is 11.3. The molecule has 0 saturated heterocycles. The number of benzene rings is 11. The lowest BCUT2D eigenvalue weighted by Gasteiger charge is -2.25. The minimum atomic E-state index is 0.0211. The maximum atomic E-state index is 2.56. The SMILES string of the molecule is CC(C)(C)c1cc2cc(C(C)(C)C)cc3c4ccc5c6cc7c(-c8ccccc8)c8c9cccc%10cccc(c8c(-c8ccccc8)c7cc6c6ccc(c(c1)c23)c4c65)c%109. The molecule has 284 valence electrons. The molecule has 13 rings (SSSR count). The molecule has 0 nitrogen and oxygen atoms in total. The monoisotopic (exact) mass is 764 g/mol. The van der Waals surface area contributed by atoms with Crippen molar-refractivity contribution in [3.63, 3.8) is 0 Å². The van der Waals surface area contributed by atoms with Crippen LogP contribution in [0.3, 0.4) is 0 Å². The molecule has 0 fully saturated rings. The van der Waals surface area contributed by atoms with Crippen LogP contribution >= 0.6 is 0 Å². The smallest absolute Gasteiger partial charge is 0.000741 e. The van der Waals surface area contributed by atoms with E-state index in [1.165, 1.54) is 141 Å². The fraction of sp³-hybridized carbons (Fsp3) is 0.133. The Kier molecular flexibility index (Phi) is 6.54. The van der Waals surface area contributed by atoms with Crippen molar-refractivity contribution in [3.05, 3.63) is 169 Å². The van der Waals surface area contributed by atoms with E-state index in [1.54, 1.807) is 0 Å². The molecule has 0 saturated carbocycles. The topological polar surface area (TPSA) is 0 Å². The van der Waals surface area contributed by atoms with Crippen molar-refractivity contribution in [2.45, 2.75) is 52.4 Å². The van der Waals surface area contributed by atoms with Crippen LogP contribution in [0.25, 0.3) is 130 Å². The second-order valence-electron chi connectivity index (χ2n) is 19.6. The molecule has 0 aliphatic heterocycles. The summed E-state index contributed by atoms with van der Waals surface area (Å²) in [5.41, 5.74) is 7.96. The lowest BCUT2D eigenvalue weighted by atomic mass is 9.79. The molecular formula is C60H44. The Hall–Kier alpha value is -6.76. The molecule has 0 spiro atoms. The molecule has 0 unspecified atom stereocenters. The normalized spacial score (nSPS) is 13.2. The van der Waals surface area contributed by atoms with Crippen molar-refractivity contribution in [1.29, 1.82) is 0 Å². The summed E-state index contributed by atoms with van der Waals surface area (Å²) < 4.78 is 0. The molecule has 0 aliphatic carbocycles. The van der Waals surface area contributed by atoms with Crippen molar-refractivity contribution in [2.24, 2.45) is 0 Å². The largest absolute Gasteiger partial charge is 0.0622 e. The summed E-state index contributed by atoms with van der Waals surface area (Å²) in [6, 6.07) is 60.9. The molecular weight excluding hydrogens is 721 g/mol. The first kappa shape index (κ1) is 34.1. The van der Waals surface area contributed by atoms with E-state index in [0.29, 0.717) is 0 Å². The third-order valence-electron chi connectivity index (χ3n) is 14.1. The molecule has 0 bridgehead atoms. The van der Waals surface area contributed by atoms with Gasteiger partial charge < -0.3 is 0 Å². The van der Waals surface area contributed by atoms with E-state index in [1.807, 2.05) is 0 Å². The van der Waals surface area contributed by atoms with E-state index in [4.69, 9.17) is 0 Å². The third kappa shape index (κ3) is 4.41. The van der Waals surface area contributed by atoms with Gasteiger partial charge in [-0.1, -0.05) is 175 Å². The van der Waals surface area contributed by atoms with Gasteiger partial charge in [0, 0.05) is 0 Å². The Morgan fingerprint density at radius 1 is 0.250 bits per heavy atom. The van der Waals surface area contributed by atoms with Gasteiger partial charge >= 0.3 is 0 Å². The highest BCUT2D eigenvalue weighted by atomic mass is 14.3. The van der Waals surface area contributed by atoms with Crippen molar-refractivity contribution >= 4 is 108 Å². The van der Waals surface area contributed by atoms with E-state index in [-0.39, 0.29) is 10.8 Å². The molecule has 0 heterocycles. The highest BCUT2D eigenvalue weighted by molar-refractivity contribution is 6.45. The molecule has 13 aromatic carbocycles. The van der Waals surface area contributed by atoms with E-state index in [9.17, 15) is 0 Å². The minimum Gasteiger partial charge on any atom is -0.0622 e. The first-order valence-corrected chi connectivity index (χ1v) is 21.6. The Morgan fingerprint density at radius 3 is 1.07 bits per heavy atom. The number of fused-ring (bicyclic) bond motifs is 9. The average Bonchev–Trinajstić information content (AvgIpc) is 3.75. The second kappa shape index (κ2) is 11.5. The fourth-order valence-electron chi connectivity index (χ4n) is 11.3. The molecule has 0 atom stereocenters. The maximum Gasteiger partial charge on any atom is -0.000741 e. The quantitative estimate of drug-likeness (QED) is 0.121.